The highest BCUT2D eigenvalue weighted by atomic mass is 35.5. The van der Waals surface area contributed by atoms with Crippen LogP contribution in [-0.2, 0) is 15.0 Å². The molecule has 1 heterocycles. The lowest BCUT2D eigenvalue weighted by molar-refractivity contribution is -0.126. The van der Waals surface area contributed by atoms with Crippen LogP contribution >= 0.6 is 12.4 Å². The third-order valence-corrected chi connectivity index (χ3v) is 4.82. The molecule has 1 aliphatic carbocycles. The summed E-state index contributed by atoms with van der Waals surface area (Å²) in [5.41, 5.74) is 8.23. The minimum absolute atomic E-state index is 0. The zero-order chi connectivity index (χ0) is 15.9. The molecule has 1 aliphatic heterocycles. The summed E-state index contributed by atoms with van der Waals surface area (Å²) >= 11 is 0. The van der Waals surface area contributed by atoms with E-state index in [1.165, 1.54) is 5.56 Å². The molecule has 0 radical (unpaired) electrons. The van der Waals surface area contributed by atoms with Crippen LogP contribution in [0.5, 0.6) is 0 Å². The number of hydrogen-bond acceptors (Lipinski definition) is 3. The van der Waals surface area contributed by atoms with E-state index in [2.05, 4.69) is 11.4 Å². The number of anilines is 1. The van der Waals surface area contributed by atoms with Crippen molar-refractivity contribution in [2.45, 2.75) is 38.1 Å². The van der Waals surface area contributed by atoms with Crippen LogP contribution in [0, 0.1) is 5.92 Å². The van der Waals surface area contributed by atoms with Crippen molar-refractivity contribution in [3.8, 4) is 0 Å². The maximum absolute atomic E-state index is 12.5. The van der Waals surface area contributed by atoms with Crippen LogP contribution in [-0.4, -0.2) is 30.9 Å². The number of para-hydroxylation sites is 1. The molecule has 1 spiro atoms. The van der Waals surface area contributed by atoms with E-state index in [0.29, 0.717) is 0 Å². The van der Waals surface area contributed by atoms with Gasteiger partial charge in [0.05, 0.1) is 12.6 Å². The third kappa shape index (κ3) is 3.21. The molecule has 0 aromatic heterocycles. The Morgan fingerprint density at radius 3 is 2.57 bits per heavy atom. The second kappa shape index (κ2) is 6.49. The van der Waals surface area contributed by atoms with Crippen molar-refractivity contribution in [2.24, 2.45) is 11.7 Å². The molecule has 5 nitrogen and oxygen atoms in total. The zero-order valence-electron chi connectivity index (χ0n) is 13.5. The van der Waals surface area contributed by atoms with Gasteiger partial charge >= 0.3 is 0 Å². The van der Waals surface area contributed by atoms with Crippen molar-refractivity contribution >= 4 is 29.9 Å². The number of hydrogen-bond donors (Lipinski definition) is 2. The molecule has 3 rings (SSSR count). The van der Waals surface area contributed by atoms with E-state index in [4.69, 9.17) is 5.73 Å². The summed E-state index contributed by atoms with van der Waals surface area (Å²) in [7, 11) is 0. The van der Waals surface area contributed by atoms with Crippen LogP contribution in [0.25, 0.3) is 0 Å². The van der Waals surface area contributed by atoms with Crippen molar-refractivity contribution in [2.75, 3.05) is 18.0 Å². The van der Waals surface area contributed by atoms with Gasteiger partial charge in [-0.1, -0.05) is 32.0 Å². The topological polar surface area (TPSA) is 75.4 Å². The van der Waals surface area contributed by atoms with Gasteiger partial charge in [0.2, 0.25) is 11.8 Å². The van der Waals surface area contributed by atoms with Crippen LogP contribution in [0.2, 0.25) is 0 Å². The molecule has 3 N–H and O–H groups in total. The summed E-state index contributed by atoms with van der Waals surface area (Å²) < 4.78 is 0. The first-order valence-electron chi connectivity index (χ1n) is 7.88. The minimum atomic E-state index is -0.576. The molecule has 0 unspecified atom stereocenters. The molecule has 126 valence electrons. The van der Waals surface area contributed by atoms with E-state index in [1.54, 1.807) is 0 Å². The number of halogens is 1. The number of rotatable bonds is 4. The molecule has 1 fully saturated rings. The SMILES string of the molecule is CC(C)[C@H](N)C(=O)NCC(=O)N1CC2(CC2)c2ccccc21.Cl. The van der Waals surface area contributed by atoms with Gasteiger partial charge in [0, 0.05) is 17.6 Å². The van der Waals surface area contributed by atoms with Crippen LogP contribution in [0.1, 0.15) is 32.3 Å². The molecule has 2 amide bonds. The fourth-order valence-corrected chi connectivity index (χ4v) is 3.11. The van der Waals surface area contributed by atoms with Crippen LogP contribution in [0.15, 0.2) is 24.3 Å². The second-order valence-electron chi connectivity index (χ2n) is 6.76. The zero-order valence-corrected chi connectivity index (χ0v) is 14.4. The summed E-state index contributed by atoms with van der Waals surface area (Å²) in [4.78, 5) is 26.2. The van der Waals surface area contributed by atoms with Crippen molar-refractivity contribution in [1.29, 1.82) is 0 Å². The minimum Gasteiger partial charge on any atom is -0.346 e. The first-order chi connectivity index (χ1) is 10.4. The maximum Gasteiger partial charge on any atom is 0.246 e. The van der Waals surface area contributed by atoms with Crippen molar-refractivity contribution < 1.29 is 9.59 Å². The lowest BCUT2D eigenvalue weighted by Crippen LogP contribution is -2.48. The Morgan fingerprint density at radius 2 is 1.96 bits per heavy atom. The molecule has 0 bridgehead atoms. The van der Waals surface area contributed by atoms with Crippen molar-refractivity contribution in [1.82, 2.24) is 5.32 Å². The van der Waals surface area contributed by atoms with Gasteiger partial charge < -0.3 is 16.0 Å². The summed E-state index contributed by atoms with van der Waals surface area (Å²) in [6.07, 6.45) is 2.27. The number of carbonyl (C=O) groups excluding carboxylic acids is 2. The van der Waals surface area contributed by atoms with Gasteiger partial charge in [0.1, 0.15) is 0 Å². The number of fused-ring (bicyclic) bond motifs is 2. The molecule has 1 atom stereocenters. The van der Waals surface area contributed by atoms with Gasteiger partial charge in [0.15, 0.2) is 0 Å². The monoisotopic (exact) mass is 337 g/mol. The van der Waals surface area contributed by atoms with Crippen molar-refractivity contribution in [3.63, 3.8) is 0 Å². The Bertz CT molecular complexity index is 614. The van der Waals surface area contributed by atoms with E-state index < -0.39 is 6.04 Å². The lowest BCUT2D eigenvalue weighted by atomic mass is 9.99. The molecule has 1 saturated carbocycles. The molecular weight excluding hydrogens is 314 g/mol. The van der Waals surface area contributed by atoms with Crippen LogP contribution in [0.4, 0.5) is 5.69 Å². The molecule has 0 saturated heterocycles. The van der Waals surface area contributed by atoms with E-state index in [9.17, 15) is 9.59 Å². The average molecular weight is 338 g/mol. The van der Waals surface area contributed by atoms with Crippen LogP contribution in [0.3, 0.4) is 0 Å². The fraction of sp³-hybridized carbons (Fsp3) is 0.529. The van der Waals surface area contributed by atoms with E-state index in [-0.39, 0.29) is 42.1 Å². The van der Waals surface area contributed by atoms with E-state index >= 15 is 0 Å². The standard InChI is InChI=1S/C17H23N3O2.ClH/c1-11(2)15(18)16(22)19-9-14(21)20-10-17(7-8-17)12-5-3-4-6-13(12)20;/h3-6,11,15H,7-10,18H2,1-2H3,(H,19,22);1H/t15-;/m0./s1. The first-order valence-corrected chi connectivity index (χ1v) is 7.88. The quantitative estimate of drug-likeness (QED) is 0.876. The maximum atomic E-state index is 12.5. The second-order valence-corrected chi connectivity index (χ2v) is 6.76. The number of benzene rings is 1. The first kappa shape index (κ1) is 17.8. The fourth-order valence-electron chi connectivity index (χ4n) is 3.11. The Morgan fingerprint density at radius 1 is 1.30 bits per heavy atom. The molecule has 6 heteroatoms. The predicted octanol–water partition coefficient (Wildman–Crippen LogP) is 1.59. The molecule has 1 aromatic rings. The van der Waals surface area contributed by atoms with E-state index in [0.717, 1.165) is 25.1 Å². The molecule has 1 aromatic carbocycles. The van der Waals surface area contributed by atoms with E-state index in [1.807, 2.05) is 36.9 Å². The third-order valence-electron chi connectivity index (χ3n) is 4.82. The normalized spacial score (nSPS) is 18.3. The average Bonchev–Trinajstić information content (AvgIpc) is 3.21. The van der Waals surface area contributed by atoms with Gasteiger partial charge in [-0.05, 0) is 30.4 Å². The van der Waals surface area contributed by atoms with Gasteiger partial charge in [-0.2, -0.15) is 0 Å². The van der Waals surface area contributed by atoms with Gasteiger partial charge in [-0.3, -0.25) is 9.59 Å². The molecular formula is C17H24ClN3O2. The number of carbonyl (C=O) groups is 2. The highest BCUT2D eigenvalue weighted by Gasteiger charge is 2.52. The molecule has 23 heavy (non-hydrogen) atoms. The Kier molecular flexibility index (Phi) is 5.01. The number of nitrogens with two attached hydrogens (primary N) is 1. The summed E-state index contributed by atoms with van der Waals surface area (Å²) in [6.45, 7) is 4.51. The van der Waals surface area contributed by atoms with Crippen LogP contribution < -0.4 is 16.0 Å². The van der Waals surface area contributed by atoms with Crippen molar-refractivity contribution in [3.05, 3.63) is 29.8 Å². The number of nitrogens with zero attached hydrogens (tertiary/aromatic N) is 1. The highest BCUT2D eigenvalue weighted by Crippen LogP contribution is 2.56. The van der Waals surface area contributed by atoms with Gasteiger partial charge in [0.25, 0.3) is 0 Å². The Hall–Kier alpha value is -1.59. The Balaban J connectivity index is 0.00000192. The summed E-state index contributed by atoms with van der Waals surface area (Å²) in [5, 5.41) is 2.66. The Labute approximate surface area is 143 Å². The molecule has 2 aliphatic rings. The summed E-state index contributed by atoms with van der Waals surface area (Å²) in [6, 6.07) is 7.50. The largest absolute Gasteiger partial charge is 0.346 e. The highest BCUT2D eigenvalue weighted by molar-refractivity contribution is 5.99. The van der Waals surface area contributed by atoms with Gasteiger partial charge in [-0.15, -0.1) is 12.4 Å². The summed E-state index contributed by atoms with van der Waals surface area (Å²) in [5.74, 6) is -0.283. The number of amides is 2. The smallest absolute Gasteiger partial charge is 0.246 e. The van der Waals surface area contributed by atoms with Gasteiger partial charge in [-0.25, -0.2) is 0 Å². The number of nitrogens with one attached hydrogen (secondary N) is 1. The predicted molar refractivity (Wildman–Crippen MR) is 92.8 cm³/mol. The lowest BCUT2D eigenvalue weighted by Gasteiger charge is -2.20.